The van der Waals surface area contributed by atoms with Gasteiger partial charge in [-0.05, 0) is 39.7 Å². The molecule has 1 heterocycles. The molecular formula is C21H34F3N5. The first-order valence-electron chi connectivity index (χ1n) is 10.2. The van der Waals surface area contributed by atoms with Crippen molar-refractivity contribution in [3.05, 3.63) is 35.9 Å². The van der Waals surface area contributed by atoms with Crippen LogP contribution in [0.5, 0.6) is 0 Å². The Bertz CT molecular complexity index is 645. The molecule has 1 aliphatic heterocycles. The summed E-state index contributed by atoms with van der Waals surface area (Å²) in [5.41, 5.74) is 0.973. The Balaban J connectivity index is 1.90. The average molecular weight is 414 g/mol. The highest BCUT2D eigenvalue weighted by Gasteiger charge is 2.34. The molecule has 0 saturated carbocycles. The van der Waals surface area contributed by atoms with Crippen LogP contribution in [0.1, 0.15) is 45.7 Å². The molecule has 0 radical (unpaired) electrons. The number of halogens is 3. The smallest absolute Gasteiger partial charge is 0.357 e. The SMILES string of the molecule is CCNC(=NCC(C)(C)NC(C)c1ccccc1)NC1CCN(CC(F)(F)F)C1. The van der Waals surface area contributed by atoms with E-state index in [-0.39, 0.29) is 17.6 Å². The number of benzene rings is 1. The fraction of sp³-hybridized carbons (Fsp3) is 0.667. The van der Waals surface area contributed by atoms with Gasteiger partial charge in [-0.3, -0.25) is 9.89 Å². The van der Waals surface area contributed by atoms with Crippen LogP contribution in [0.15, 0.2) is 35.3 Å². The molecule has 1 saturated heterocycles. The molecule has 2 atom stereocenters. The summed E-state index contributed by atoms with van der Waals surface area (Å²) in [6.45, 7) is 9.49. The number of aliphatic imine (C=N–C) groups is 1. The Kier molecular flexibility index (Phi) is 8.34. The number of nitrogens with zero attached hydrogens (tertiary/aromatic N) is 2. The molecule has 1 aromatic rings. The lowest BCUT2D eigenvalue weighted by Crippen LogP contribution is -2.48. The number of likely N-dealkylation sites (tertiary alicyclic amines) is 1. The largest absolute Gasteiger partial charge is 0.401 e. The lowest BCUT2D eigenvalue weighted by molar-refractivity contribution is -0.143. The normalized spacial score (nSPS) is 20.0. The summed E-state index contributed by atoms with van der Waals surface area (Å²) in [5.74, 6) is 0.647. The Hall–Kier alpha value is -1.80. The fourth-order valence-electron chi connectivity index (χ4n) is 3.59. The van der Waals surface area contributed by atoms with Crippen molar-refractivity contribution in [2.24, 2.45) is 4.99 Å². The summed E-state index contributed by atoms with van der Waals surface area (Å²) in [6, 6.07) is 10.4. The van der Waals surface area contributed by atoms with Gasteiger partial charge in [-0.25, -0.2) is 0 Å². The number of hydrogen-bond donors (Lipinski definition) is 3. The van der Waals surface area contributed by atoms with Gasteiger partial charge in [-0.1, -0.05) is 30.3 Å². The molecule has 164 valence electrons. The van der Waals surface area contributed by atoms with E-state index in [0.717, 1.165) is 0 Å². The van der Waals surface area contributed by atoms with Crippen LogP contribution < -0.4 is 16.0 Å². The van der Waals surface area contributed by atoms with E-state index in [2.05, 4.69) is 53.8 Å². The zero-order valence-corrected chi connectivity index (χ0v) is 17.8. The van der Waals surface area contributed by atoms with Crippen molar-refractivity contribution in [2.45, 2.75) is 57.9 Å². The van der Waals surface area contributed by atoms with E-state index in [9.17, 15) is 13.2 Å². The second-order valence-corrected chi connectivity index (χ2v) is 8.34. The van der Waals surface area contributed by atoms with Crippen molar-refractivity contribution in [3.8, 4) is 0 Å². The quantitative estimate of drug-likeness (QED) is 0.452. The second-order valence-electron chi connectivity index (χ2n) is 8.34. The molecule has 1 aliphatic rings. The highest BCUT2D eigenvalue weighted by molar-refractivity contribution is 5.80. The number of alkyl halides is 3. The van der Waals surface area contributed by atoms with E-state index < -0.39 is 12.7 Å². The van der Waals surface area contributed by atoms with E-state index >= 15 is 0 Å². The van der Waals surface area contributed by atoms with E-state index in [1.807, 2.05) is 25.1 Å². The molecule has 0 amide bonds. The van der Waals surface area contributed by atoms with Crippen molar-refractivity contribution < 1.29 is 13.2 Å². The van der Waals surface area contributed by atoms with Gasteiger partial charge in [0.1, 0.15) is 0 Å². The van der Waals surface area contributed by atoms with E-state index in [1.165, 1.54) is 10.5 Å². The van der Waals surface area contributed by atoms with Gasteiger partial charge in [-0.2, -0.15) is 13.2 Å². The predicted octanol–water partition coefficient (Wildman–Crippen LogP) is 3.31. The number of nitrogens with one attached hydrogen (secondary N) is 3. The Morgan fingerprint density at radius 3 is 2.55 bits per heavy atom. The molecule has 3 N–H and O–H groups in total. The summed E-state index contributed by atoms with van der Waals surface area (Å²) in [6.07, 6.45) is -3.48. The Morgan fingerprint density at radius 2 is 1.93 bits per heavy atom. The van der Waals surface area contributed by atoms with Crippen molar-refractivity contribution >= 4 is 5.96 Å². The topological polar surface area (TPSA) is 51.7 Å². The van der Waals surface area contributed by atoms with Gasteiger partial charge in [0.2, 0.25) is 0 Å². The van der Waals surface area contributed by atoms with Crippen molar-refractivity contribution in [3.63, 3.8) is 0 Å². The Morgan fingerprint density at radius 1 is 1.24 bits per heavy atom. The molecule has 1 fully saturated rings. The standard InChI is InChI=1S/C21H34F3N5/c1-5-25-19(27-18-11-12-29(13-18)15-21(22,23)24)26-14-20(3,4)28-16(2)17-9-7-6-8-10-17/h6-10,16,18,28H,5,11-15H2,1-4H3,(H2,25,26,27). The summed E-state index contributed by atoms with van der Waals surface area (Å²) in [5, 5.41) is 10.1. The maximum Gasteiger partial charge on any atom is 0.401 e. The van der Waals surface area contributed by atoms with Gasteiger partial charge in [0, 0.05) is 37.3 Å². The second kappa shape index (κ2) is 10.3. The van der Waals surface area contributed by atoms with Crippen LogP contribution in [0.4, 0.5) is 13.2 Å². The minimum Gasteiger partial charge on any atom is -0.357 e. The lowest BCUT2D eigenvalue weighted by Gasteiger charge is -2.29. The molecule has 0 spiro atoms. The van der Waals surface area contributed by atoms with Gasteiger partial charge in [0.05, 0.1) is 13.1 Å². The molecule has 1 aromatic carbocycles. The summed E-state index contributed by atoms with van der Waals surface area (Å²) in [4.78, 5) is 6.12. The number of rotatable bonds is 8. The van der Waals surface area contributed by atoms with Crippen molar-refractivity contribution in [2.75, 3.05) is 32.7 Å². The van der Waals surface area contributed by atoms with Crippen LogP contribution in [0.3, 0.4) is 0 Å². The average Bonchev–Trinajstić information content (AvgIpc) is 3.05. The summed E-state index contributed by atoms with van der Waals surface area (Å²) < 4.78 is 37.8. The summed E-state index contributed by atoms with van der Waals surface area (Å²) >= 11 is 0. The predicted molar refractivity (Wildman–Crippen MR) is 112 cm³/mol. The first-order valence-corrected chi connectivity index (χ1v) is 10.2. The maximum absolute atomic E-state index is 12.6. The molecule has 0 aliphatic carbocycles. The minimum atomic E-state index is -4.15. The maximum atomic E-state index is 12.6. The zero-order valence-electron chi connectivity index (χ0n) is 17.8. The lowest BCUT2D eigenvalue weighted by atomic mass is 10.0. The Labute approximate surface area is 172 Å². The molecule has 2 unspecified atom stereocenters. The van der Waals surface area contributed by atoms with Crippen LogP contribution in [0.2, 0.25) is 0 Å². The minimum absolute atomic E-state index is 0.0329. The molecule has 8 heteroatoms. The molecular weight excluding hydrogens is 379 g/mol. The third-order valence-electron chi connectivity index (χ3n) is 4.90. The molecule has 5 nitrogen and oxygen atoms in total. The fourth-order valence-corrected chi connectivity index (χ4v) is 3.59. The van der Waals surface area contributed by atoms with Crippen molar-refractivity contribution in [1.29, 1.82) is 0 Å². The third-order valence-corrected chi connectivity index (χ3v) is 4.90. The number of hydrogen-bond acceptors (Lipinski definition) is 3. The van der Waals surface area contributed by atoms with E-state index in [4.69, 9.17) is 0 Å². The highest BCUT2D eigenvalue weighted by Crippen LogP contribution is 2.20. The molecule has 0 bridgehead atoms. The van der Waals surface area contributed by atoms with Crippen LogP contribution in [-0.2, 0) is 0 Å². The molecule has 29 heavy (non-hydrogen) atoms. The van der Waals surface area contributed by atoms with Gasteiger partial charge < -0.3 is 16.0 Å². The summed E-state index contributed by atoms with van der Waals surface area (Å²) in [7, 11) is 0. The van der Waals surface area contributed by atoms with Gasteiger partial charge in [0.15, 0.2) is 5.96 Å². The van der Waals surface area contributed by atoms with Crippen molar-refractivity contribution in [1.82, 2.24) is 20.9 Å². The highest BCUT2D eigenvalue weighted by atomic mass is 19.4. The van der Waals surface area contributed by atoms with Crippen LogP contribution in [0.25, 0.3) is 0 Å². The van der Waals surface area contributed by atoms with Crippen LogP contribution in [0, 0.1) is 0 Å². The van der Waals surface area contributed by atoms with Crippen LogP contribution in [-0.4, -0.2) is 61.3 Å². The van der Waals surface area contributed by atoms with Gasteiger partial charge in [0.25, 0.3) is 0 Å². The monoisotopic (exact) mass is 413 g/mol. The van der Waals surface area contributed by atoms with Gasteiger partial charge >= 0.3 is 6.18 Å². The van der Waals surface area contributed by atoms with E-state index in [1.54, 1.807) is 0 Å². The molecule has 0 aromatic heterocycles. The van der Waals surface area contributed by atoms with E-state index in [0.29, 0.717) is 38.6 Å². The third kappa shape index (κ3) is 8.62. The first-order chi connectivity index (χ1) is 13.6. The van der Waals surface area contributed by atoms with Gasteiger partial charge in [-0.15, -0.1) is 0 Å². The first kappa shape index (κ1) is 23.5. The number of guanidine groups is 1. The van der Waals surface area contributed by atoms with Crippen LogP contribution >= 0.6 is 0 Å². The molecule has 2 rings (SSSR count). The zero-order chi connectivity index (χ0) is 21.5.